The van der Waals surface area contributed by atoms with Crippen LogP contribution in [-0.2, 0) is 4.79 Å². The van der Waals surface area contributed by atoms with Gasteiger partial charge >= 0.3 is 0 Å². The molecule has 0 radical (unpaired) electrons. The molecule has 1 aliphatic rings. The molecule has 1 saturated heterocycles. The van der Waals surface area contributed by atoms with Crippen LogP contribution in [0.15, 0.2) is 24.3 Å². The number of carbonyl (C=O) groups is 2. The van der Waals surface area contributed by atoms with E-state index in [1.807, 2.05) is 0 Å². The number of likely N-dealkylation sites (tertiary alicyclic amines) is 1. The van der Waals surface area contributed by atoms with Gasteiger partial charge in [-0.1, -0.05) is 0 Å². The Morgan fingerprint density at radius 3 is 2.54 bits per heavy atom. The minimum Gasteiger partial charge on any atom is -0.357 e. The van der Waals surface area contributed by atoms with Crippen molar-refractivity contribution < 1.29 is 14.0 Å². The van der Waals surface area contributed by atoms with E-state index in [1.165, 1.54) is 24.1 Å². The smallest absolute Gasteiger partial charge is 0.258 e. The average Bonchev–Trinajstić information content (AvgIpc) is 3.14. The Bertz CT molecular complexity index is 846. The maximum absolute atomic E-state index is 13.2. The summed E-state index contributed by atoms with van der Waals surface area (Å²) in [5, 5.41) is 7.01. The number of nitrogens with zero attached hydrogens (tertiary/aromatic N) is 3. The van der Waals surface area contributed by atoms with Crippen molar-refractivity contribution in [3.8, 4) is 5.69 Å². The number of carbonyl (C=O) groups excluding carboxylic acids is 2. The monoisotopic (exact) mass is 359 g/mol. The summed E-state index contributed by atoms with van der Waals surface area (Å²) in [6.07, 6.45) is 0.426. The molecule has 1 aromatic heterocycles. The maximum Gasteiger partial charge on any atom is 0.258 e. The molecule has 3 rings (SSSR count). The highest BCUT2D eigenvalue weighted by atomic mass is 19.1. The first-order valence-corrected chi connectivity index (χ1v) is 8.43. The molecule has 8 heteroatoms. The Morgan fingerprint density at radius 1 is 1.27 bits per heavy atom. The van der Waals surface area contributed by atoms with Crippen LogP contribution in [0.2, 0.25) is 0 Å². The first-order chi connectivity index (χ1) is 12.3. The van der Waals surface area contributed by atoms with E-state index in [1.54, 1.807) is 30.7 Å². The molecule has 2 amide bonds. The third-order valence-electron chi connectivity index (χ3n) is 4.72. The zero-order valence-corrected chi connectivity index (χ0v) is 15.0. The minimum atomic E-state index is -0.588. The van der Waals surface area contributed by atoms with Crippen molar-refractivity contribution in [2.24, 2.45) is 5.73 Å². The van der Waals surface area contributed by atoms with E-state index in [0.29, 0.717) is 35.6 Å². The highest BCUT2D eigenvalue weighted by Gasteiger charge is 2.39. The van der Waals surface area contributed by atoms with Gasteiger partial charge in [-0.25, -0.2) is 9.07 Å². The number of aromatic nitrogens is 2. The molecule has 3 N–H and O–H groups in total. The number of rotatable bonds is 3. The van der Waals surface area contributed by atoms with Crippen LogP contribution in [0.25, 0.3) is 5.69 Å². The van der Waals surface area contributed by atoms with Crippen molar-refractivity contribution in [3.63, 3.8) is 0 Å². The summed E-state index contributed by atoms with van der Waals surface area (Å²) in [6.45, 7) is 3.84. The van der Waals surface area contributed by atoms with Gasteiger partial charge in [-0.15, -0.1) is 0 Å². The number of nitrogens with two attached hydrogens (primary N) is 1. The number of hydrogen-bond donors (Lipinski definition) is 2. The average molecular weight is 359 g/mol. The van der Waals surface area contributed by atoms with E-state index in [2.05, 4.69) is 10.4 Å². The van der Waals surface area contributed by atoms with Crippen molar-refractivity contribution in [1.82, 2.24) is 20.0 Å². The fourth-order valence-electron chi connectivity index (χ4n) is 3.44. The van der Waals surface area contributed by atoms with Crippen molar-refractivity contribution in [3.05, 3.63) is 47.0 Å². The molecule has 1 aromatic carbocycles. The quantitative estimate of drug-likeness (QED) is 0.852. The second-order valence-electron chi connectivity index (χ2n) is 6.52. The summed E-state index contributed by atoms with van der Waals surface area (Å²) in [5.74, 6) is -0.839. The number of nitrogens with one attached hydrogen (secondary N) is 1. The Labute approximate surface area is 151 Å². The van der Waals surface area contributed by atoms with E-state index in [0.717, 1.165) is 0 Å². The Hall–Kier alpha value is -2.74. The lowest BCUT2D eigenvalue weighted by atomic mass is 10.1. The molecule has 2 heterocycles. The molecule has 26 heavy (non-hydrogen) atoms. The molecule has 0 spiro atoms. The molecule has 0 bridgehead atoms. The predicted octanol–water partition coefficient (Wildman–Crippen LogP) is 0.916. The van der Waals surface area contributed by atoms with Gasteiger partial charge in [0.15, 0.2) is 0 Å². The van der Waals surface area contributed by atoms with Gasteiger partial charge in [0, 0.05) is 19.6 Å². The lowest BCUT2D eigenvalue weighted by Gasteiger charge is -2.23. The second kappa shape index (κ2) is 6.87. The largest absolute Gasteiger partial charge is 0.357 e. The molecule has 0 unspecified atom stereocenters. The van der Waals surface area contributed by atoms with Crippen molar-refractivity contribution in [2.75, 3.05) is 13.6 Å². The molecule has 0 aliphatic carbocycles. The molecule has 0 saturated carbocycles. The molecule has 2 atom stereocenters. The molecular formula is C18H22FN5O2. The van der Waals surface area contributed by atoms with Gasteiger partial charge in [0.05, 0.1) is 22.6 Å². The number of benzene rings is 1. The minimum absolute atomic E-state index is 0.229. The van der Waals surface area contributed by atoms with Gasteiger partial charge in [0.1, 0.15) is 11.9 Å². The highest BCUT2D eigenvalue weighted by Crippen LogP contribution is 2.24. The van der Waals surface area contributed by atoms with E-state index in [-0.39, 0.29) is 23.7 Å². The van der Waals surface area contributed by atoms with Crippen LogP contribution in [0, 0.1) is 19.7 Å². The third-order valence-corrected chi connectivity index (χ3v) is 4.72. The van der Waals surface area contributed by atoms with Crippen LogP contribution in [0.3, 0.4) is 0 Å². The highest BCUT2D eigenvalue weighted by molar-refractivity contribution is 5.99. The van der Waals surface area contributed by atoms with Gasteiger partial charge in [-0.3, -0.25) is 9.59 Å². The summed E-state index contributed by atoms with van der Waals surface area (Å²) in [6, 6.07) is 5.05. The van der Waals surface area contributed by atoms with Crippen molar-refractivity contribution >= 4 is 11.8 Å². The number of hydrogen-bond acceptors (Lipinski definition) is 4. The summed E-state index contributed by atoms with van der Waals surface area (Å²) in [4.78, 5) is 26.8. The van der Waals surface area contributed by atoms with Crippen LogP contribution < -0.4 is 11.1 Å². The van der Waals surface area contributed by atoms with Gasteiger partial charge in [-0.05, 0) is 44.5 Å². The SMILES string of the molecule is CNC(=O)[C@@H]1C[C@H](N)CN1C(=O)c1c(C)nn(-c2ccc(F)cc2)c1C. The van der Waals surface area contributed by atoms with E-state index < -0.39 is 6.04 Å². The summed E-state index contributed by atoms with van der Waals surface area (Å²) < 4.78 is 14.8. The predicted molar refractivity (Wildman–Crippen MR) is 94.5 cm³/mol. The van der Waals surface area contributed by atoms with Crippen LogP contribution in [-0.4, -0.2) is 52.2 Å². The van der Waals surface area contributed by atoms with Crippen molar-refractivity contribution in [1.29, 1.82) is 0 Å². The molecule has 1 fully saturated rings. The Morgan fingerprint density at radius 2 is 1.92 bits per heavy atom. The Balaban J connectivity index is 1.97. The summed E-state index contributed by atoms with van der Waals surface area (Å²) in [5.41, 5.74) is 8.26. The number of amides is 2. The number of likely N-dealkylation sites (N-methyl/N-ethyl adjacent to an activating group) is 1. The summed E-state index contributed by atoms with van der Waals surface area (Å²) in [7, 11) is 1.54. The fraction of sp³-hybridized carbons (Fsp3) is 0.389. The lowest BCUT2D eigenvalue weighted by Crippen LogP contribution is -2.45. The number of aryl methyl sites for hydroxylation is 1. The molecule has 138 valence electrons. The molecular weight excluding hydrogens is 337 g/mol. The second-order valence-corrected chi connectivity index (χ2v) is 6.52. The topological polar surface area (TPSA) is 93.2 Å². The summed E-state index contributed by atoms with van der Waals surface area (Å²) >= 11 is 0. The van der Waals surface area contributed by atoms with Crippen molar-refractivity contribution in [2.45, 2.75) is 32.4 Å². The third kappa shape index (κ3) is 3.08. The normalized spacial score (nSPS) is 19.7. The fourth-order valence-corrected chi connectivity index (χ4v) is 3.44. The van der Waals surface area contributed by atoms with Gasteiger partial charge in [0.25, 0.3) is 5.91 Å². The van der Waals surface area contributed by atoms with E-state index in [9.17, 15) is 14.0 Å². The standard InChI is InChI=1S/C18H22FN5O2/c1-10-16(11(2)24(22-10)14-6-4-12(19)5-7-14)18(26)23-9-13(20)8-15(23)17(25)21-3/h4-7,13,15H,8-9,20H2,1-3H3,(H,21,25)/t13-,15-/m0/s1. The molecule has 1 aliphatic heterocycles. The molecule has 7 nitrogen and oxygen atoms in total. The van der Waals surface area contributed by atoms with Crippen LogP contribution in [0.4, 0.5) is 4.39 Å². The van der Waals surface area contributed by atoms with E-state index >= 15 is 0 Å². The zero-order valence-electron chi connectivity index (χ0n) is 15.0. The Kier molecular flexibility index (Phi) is 4.78. The number of halogens is 1. The first kappa shape index (κ1) is 18.1. The van der Waals surface area contributed by atoms with Gasteiger partial charge < -0.3 is 16.0 Å². The first-order valence-electron chi connectivity index (χ1n) is 8.43. The van der Waals surface area contributed by atoms with Crippen LogP contribution in [0.5, 0.6) is 0 Å². The van der Waals surface area contributed by atoms with Crippen LogP contribution in [0.1, 0.15) is 28.2 Å². The maximum atomic E-state index is 13.2. The lowest BCUT2D eigenvalue weighted by molar-refractivity contribution is -0.124. The van der Waals surface area contributed by atoms with Gasteiger partial charge in [-0.2, -0.15) is 5.10 Å². The van der Waals surface area contributed by atoms with E-state index in [4.69, 9.17) is 5.73 Å². The molecule has 2 aromatic rings. The zero-order chi connectivity index (χ0) is 19.0. The van der Waals surface area contributed by atoms with Crippen LogP contribution >= 0.6 is 0 Å². The van der Waals surface area contributed by atoms with Gasteiger partial charge in [0.2, 0.25) is 5.91 Å².